The first-order valence-electron chi connectivity index (χ1n) is 4.59. The maximum atomic E-state index is 10.8. The number of halogens is 1. The van der Waals surface area contributed by atoms with Gasteiger partial charge in [-0.05, 0) is 18.2 Å². The van der Waals surface area contributed by atoms with Crippen LogP contribution in [-0.4, -0.2) is 27.0 Å². The van der Waals surface area contributed by atoms with Crippen molar-refractivity contribution in [3.05, 3.63) is 23.8 Å². The number of hydrogen-bond donors (Lipinski definition) is 0. The average molecular weight is 292 g/mol. The van der Waals surface area contributed by atoms with Crippen molar-refractivity contribution in [2.24, 2.45) is 0 Å². The largest absolute Gasteiger partial charge is 0.497 e. The van der Waals surface area contributed by atoms with Gasteiger partial charge in [0.2, 0.25) is 9.05 Å². The molecular weight excluding hydrogens is 282 g/mol. The molecule has 0 saturated carbocycles. The summed E-state index contributed by atoms with van der Waals surface area (Å²) in [5, 5.41) is 8.89. The van der Waals surface area contributed by atoms with E-state index >= 15 is 0 Å². The van der Waals surface area contributed by atoms with Gasteiger partial charge in [0.1, 0.15) is 11.8 Å². The SMILES string of the molecule is COc1ccc(C#N)c(SCCS(=O)(=O)Cl)c1. The molecule has 0 heterocycles. The Kier molecular flexibility index (Phi) is 5.12. The number of nitrogens with zero attached hydrogens (tertiary/aromatic N) is 1. The van der Waals surface area contributed by atoms with Gasteiger partial charge >= 0.3 is 0 Å². The van der Waals surface area contributed by atoms with Gasteiger partial charge in [0.15, 0.2) is 0 Å². The van der Waals surface area contributed by atoms with E-state index in [1.807, 2.05) is 6.07 Å². The third kappa shape index (κ3) is 4.86. The van der Waals surface area contributed by atoms with E-state index in [9.17, 15) is 8.42 Å². The molecular formula is C10H10ClNO3S2. The van der Waals surface area contributed by atoms with Crippen LogP contribution in [-0.2, 0) is 9.05 Å². The maximum Gasteiger partial charge on any atom is 0.233 e. The lowest BCUT2D eigenvalue weighted by Crippen LogP contribution is -2.00. The second-order valence-corrected chi connectivity index (χ2v) is 7.10. The molecule has 0 amide bonds. The molecule has 0 radical (unpaired) electrons. The summed E-state index contributed by atoms with van der Waals surface area (Å²) in [6.07, 6.45) is 0. The van der Waals surface area contributed by atoms with E-state index in [0.29, 0.717) is 22.0 Å². The van der Waals surface area contributed by atoms with Crippen LogP contribution in [0.25, 0.3) is 0 Å². The van der Waals surface area contributed by atoms with Crippen molar-refractivity contribution >= 4 is 31.5 Å². The van der Waals surface area contributed by atoms with E-state index < -0.39 is 9.05 Å². The van der Waals surface area contributed by atoms with Crippen LogP contribution in [0.4, 0.5) is 0 Å². The monoisotopic (exact) mass is 291 g/mol. The molecule has 0 aliphatic rings. The van der Waals surface area contributed by atoms with E-state index in [1.165, 1.54) is 18.9 Å². The first-order chi connectivity index (χ1) is 7.96. The first-order valence-corrected chi connectivity index (χ1v) is 8.06. The Morgan fingerprint density at radius 3 is 2.76 bits per heavy atom. The lowest BCUT2D eigenvalue weighted by Gasteiger charge is -2.05. The average Bonchev–Trinajstić information content (AvgIpc) is 2.27. The summed E-state index contributed by atoms with van der Waals surface area (Å²) in [4.78, 5) is 0.687. The standard InChI is InChI=1S/C10H10ClNO3S2/c1-15-9-3-2-8(7-12)10(6-9)16-4-5-17(11,13)14/h2-3,6H,4-5H2,1H3. The summed E-state index contributed by atoms with van der Waals surface area (Å²) in [6, 6.07) is 7.05. The van der Waals surface area contributed by atoms with Crippen LogP contribution in [0.1, 0.15) is 5.56 Å². The highest BCUT2D eigenvalue weighted by Crippen LogP contribution is 2.27. The molecule has 1 aromatic carbocycles. The van der Waals surface area contributed by atoms with Crippen molar-refractivity contribution in [3.8, 4) is 11.8 Å². The quantitative estimate of drug-likeness (QED) is 0.615. The van der Waals surface area contributed by atoms with Crippen LogP contribution in [0.3, 0.4) is 0 Å². The molecule has 0 aliphatic carbocycles. The first kappa shape index (κ1) is 14.2. The lowest BCUT2D eigenvalue weighted by molar-refractivity contribution is 0.413. The molecule has 0 spiro atoms. The van der Waals surface area contributed by atoms with Gasteiger partial charge in [-0.25, -0.2) is 8.42 Å². The minimum atomic E-state index is -3.49. The second-order valence-electron chi connectivity index (χ2n) is 3.07. The van der Waals surface area contributed by atoms with Gasteiger partial charge in [-0.1, -0.05) is 0 Å². The second kappa shape index (κ2) is 6.15. The Labute approximate surface area is 109 Å². The van der Waals surface area contributed by atoms with E-state index in [1.54, 1.807) is 18.2 Å². The van der Waals surface area contributed by atoms with Crippen LogP contribution in [0.15, 0.2) is 23.1 Å². The zero-order chi connectivity index (χ0) is 12.9. The molecule has 0 unspecified atom stereocenters. The normalized spacial score (nSPS) is 10.9. The Hall–Kier alpha value is -0.900. The molecule has 0 saturated heterocycles. The molecule has 0 atom stereocenters. The number of benzene rings is 1. The summed E-state index contributed by atoms with van der Waals surface area (Å²) in [5.74, 6) is 0.787. The smallest absolute Gasteiger partial charge is 0.233 e. The Morgan fingerprint density at radius 2 is 2.24 bits per heavy atom. The van der Waals surface area contributed by atoms with Crippen molar-refractivity contribution in [3.63, 3.8) is 0 Å². The molecule has 92 valence electrons. The van der Waals surface area contributed by atoms with Crippen LogP contribution in [0.2, 0.25) is 0 Å². The van der Waals surface area contributed by atoms with Gasteiger partial charge in [-0.15, -0.1) is 11.8 Å². The maximum absolute atomic E-state index is 10.8. The molecule has 7 heteroatoms. The molecule has 17 heavy (non-hydrogen) atoms. The van der Waals surface area contributed by atoms with Crippen molar-refractivity contribution in [2.75, 3.05) is 18.6 Å². The summed E-state index contributed by atoms with van der Waals surface area (Å²) in [7, 11) is 3.14. The third-order valence-electron chi connectivity index (χ3n) is 1.89. The van der Waals surface area contributed by atoms with Crippen LogP contribution in [0.5, 0.6) is 5.75 Å². The fourth-order valence-electron chi connectivity index (χ4n) is 1.09. The number of nitriles is 1. The van der Waals surface area contributed by atoms with Crippen LogP contribution < -0.4 is 4.74 Å². The zero-order valence-electron chi connectivity index (χ0n) is 9.01. The van der Waals surface area contributed by atoms with E-state index in [-0.39, 0.29) is 5.75 Å². The highest BCUT2D eigenvalue weighted by molar-refractivity contribution is 8.14. The van der Waals surface area contributed by atoms with Gasteiger partial charge in [-0.2, -0.15) is 5.26 Å². The molecule has 0 bridgehead atoms. The Morgan fingerprint density at radius 1 is 1.53 bits per heavy atom. The highest BCUT2D eigenvalue weighted by Gasteiger charge is 2.08. The molecule has 0 fully saturated rings. The van der Waals surface area contributed by atoms with Crippen molar-refractivity contribution in [1.29, 1.82) is 5.26 Å². The lowest BCUT2D eigenvalue weighted by atomic mass is 10.2. The molecule has 0 aliphatic heterocycles. The number of rotatable bonds is 5. The molecule has 4 nitrogen and oxygen atoms in total. The van der Waals surface area contributed by atoms with Crippen LogP contribution >= 0.6 is 22.4 Å². The van der Waals surface area contributed by atoms with Gasteiger partial charge in [0.05, 0.1) is 18.4 Å². The molecule has 1 aromatic rings. The van der Waals surface area contributed by atoms with Crippen LogP contribution in [0, 0.1) is 11.3 Å². The van der Waals surface area contributed by atoms with Crippen molar-refractivity contribution in [2.45, 2.75) is 4.90 Å². The Bertz CT molecular complexity index is 537. The van der Waals surface area contributed by atoms with E-state index in [0.717, 1.165) is 0 Å². The Balaban J connectivity index is 2.79. The highest BCUT2D eigenvalue weighted by atomic mass is 35.7. The fraction of sp³-hybridized carbons (Fsp3) is 0.300. The van der Waals surface area contributed by atoms with Gasteiger partial charge in [0.25, 0.3) is 0 Å². The number of thioether (sulfide) groups is 1. The summed E-state index contributed by atoms with van der Waals surface area (Å²) < 4.78 is 26.6. The summed E-state index contributed by atoms with van der Waals surface area (Å²) >= 11 is 1.26. The molecule has 0 aromatic heterocycles. The third-order valence-corrected chi connectivity index (χ3v) is 4.36. The fourth-order valence-corrected chi connectivity index (χ4v) is 3.48. The van der Waals surface area contributed by atoms with E-state index in [4.69, 9.17) is 20.7 Å². The van der Waals surface area contributed by atoms with Crippen molar-refractivity contribution in [1.82, 2.24) is 0 Å². The molecule has 1 rings (SSSR count). The minimum absolute atomic E-state index is 0.138. The number of methoxy groups -OCH3 is 1. The predicted molar refractivity (Wildman–Crippen MR) is 68.1 cm³/mol. The van der Waals surface area contributed by atoms with Crippen molar-refractivity contribution < 1.29 is 13.2 Å². The van der Waals surface area contributed by atoms with Gasteiger partial charge in [-0.3, -0.25) is 0 Å². The predicted octanol–water partition coefficient (Wildman–Crippen LogP) is 2.23. The summed E-state index contributed by atoms with van der Waals surface area (Å²) in [6.45, 7) is 0. The number of ether oxygens (including phenoxy) is 1. The topological polar surface area (TPSA) is 67.2 Å². The molecule has 0 N–H and O–H groups in total. The van der Waals surface area contributed by atoms with Gasteiger partial charge in [0, 0.05) is 21.3 Å². The zero-order valence-corrected chi connectivity index (χ0v) is 11.4. The number of hydrogen-bond acceptors (Lipinski definition) is 5. The summed E-state index contributed by atoms with van der Waals surface area (Å²) in [5.41, 5.74) is 0.489. The van der Waals surface area contributed by atoms with E-state index in [2.05, 4.69) is 0 Å². The minimum Gasteiger partial charge on any atom is -0.497 e. The van der Waals surface area contributed by atoms with Gasteiger partial charge < -0.3 is 4.74 Å².